The second-order valence-corrected chi connectivity index (χ2v) is 9.30. The van der Waals surface area contributed by atoms with Crippen LogP contribution in [0, 0.1) is 6.92 Å². The van der Waals surface area contributed by atoms with Crippen molar-refractivity contribution in [3.63, 3.8) is 0 Å². The van der Waals surface area contributed by atoms with Crippen molar-refractivity contribution in [2.45, 2.75) is 13.1 Å². The number of nitrogens with one attached hydrogen (secondary N) is 3. The monoisotopic (exact) mass is 605 g/mol. The average Bonchev–Trinajstić information content (AvgIpc) is 3.60. The summed E-state index contributed by atoms with van der Waals surface area (Å²) in [6.45, 7) is 1.85. The highest BCUT2D eigenvalue weighted by molar-refractivity contribution is 7.10. The number of hydrogen-bond acceptors (Lipinski definition) is 9. The molecule has 0 atom stereocenters. The number of methoxy groups -OCH3 is 1. The quantitative estimate of drug-likeness (QED) is 0.180. The van der Waals surface area contributed by atoms with Crippen molar-refractivity contribution < 1.29 is 32.6 Å². The second-order valence-electron chi connectivity index (χ2n) is 8.17. The number of alkyl halides is 3. The number of H-pyrrole nitrogens is 1. The standard InChI is InChI=1S/C23H18ClN7O2S.C2HF3O2/c1-12-9-14(27-22(32)13-3-5-15(33-2)6-4-13)10-19(26-12)21-29-23(34-31-21)28-18-8-7-17-16(20(18)24)11-25-30-17;3-2(4,5)1(6)7/h3-11H,1-2H3,(H,25,30)(H,26,27,32)(H,28,29,31);(H,6,7). The number of rotatable bonds is 6. The molecule has 0 fully saturated rings. The summed E-state index contributed by atoms with van der Waals surface area (Å²) in [4.78, 5) is 30.6. The van der Waals surface area contributed by atoms with Crippen molar-refractivity contribution in [2.75, 3.05) is 17.7 Å². The molecule has 0 unspecified atom stereocenters. The van der Waals surface area contributed by atoms with Crippen molar-refractivity contribution in [3.8, 4) is 17.3 Å². The van der Waals surface area contributed by atoms with E-state index in [1.807, 2.05) is 19.1 Å². The molecular formula is C25H19ClF3N7O4S. The summed E-state index contributed by atoms with van der Waals surface area (Å²) in [6.07, 6.45) is -3.41. The van der Waals surface area contributed by atoms with Crippen LogP contribution in [0.3, 0.4) is 0 Å². The summed E-state index contributed by atoms with van der Waals surface area (Å²) in [5.41, 5.74) is 3.93. The number of aryl methyl sites for hydroxylation is 1. The molecule has 41 heavy (non-hydrogen) atoms. The lowest BCUT2D eigenvalue weighted by Crippen LogP contribution is -2.21. The first-order valence-electron chi connectivity index (χ1n) is 11.4. The highest BCUT2D eigenvalue weighted by Crippen LogP contribution is 2.33. The van der Waals surface area contributed by atoms with Gasteiger partial charge in [0.2, 0.25) is 5.13 Å². The number of ether oxygens (including phenoxy) is 1. The molecule has 0 spiro atoms. The van der Waals surface area contributed by atoms with Crippen LogP contribution in [0.4, 0.5) is 29.7 Å². The average molecular weight is 606 g/mol. The van der Waals surface area contributed by atoms with E-state index in [0.29, 0.717) is 44.4 Å². The number of carboxylic acids is 1. The fourth-order valence-electron chi connectivity index (χ4n) is 3.37. The van der Waals surface area contributed by atoms with E-state index in [-0.39, 0.29) is 5.91 Å². The Morgan fingerprint density at radius 3 is 2.46 bits per heavy atom. The number of pyridine rings is 1. The Morgan fingerprint density at radius 1 is 1.10 bits per heavy atom. The van der Waals surface area contributed by atoms with Crippen molar-refractivity contribution in [2.24, 2.45) is 0 Å². The lowest BCUT2D eigenvalue weighted by Gasteiger charge is -2.08. The number of anilines is 3. The van der Waals surface area contributed by atoms with E-state index in [0.717, 1.165) is 16.6 Å². The zero-order chi connectivity index (χ0) is 29.7. The molecule has 0 radical (unpaired) electrons. The second kappa shape index (κ2) is 12.2. The predicted molar refractivity (Wildman–Crippen MR) is 147 cm³/mol. The van der Waals surface area contributed by atoms with Gasteiger partial charge in [0.25, 0.3) is 5.91 Å². The molecule has 3 aromatic heterocycles. The number of benzene rings is 2. The van der Waals surface area contributed by atoms with Gasteiger partial charge >= 0.3 is 12.1 Å². The molecule has 3 heterocycles. The molecule has 16 heteroatoms. The molecule has 0 saturated carbocycles. The lowest BCUT2D eigenvalue weighted by molar-refractivity contribution is -0.192. The summed E-state index contributed by atoms with van der Waals surface area (Å²) in [6, 6.07) is 14.1. The number of nitrogens with zero attached hydrogens (tertiary/aromatic N) is 4. The Labute approximate surface area is 238 Å². The maximum atomic E-state index is 12.7. The Hall–Kier alpha value is -4.76. The maximum absolute atomic E-state index is 12.7. The van der Waals surface area contributed by atoms with Crippen LogP contribution in [0.2, 0.25) is 5.02 Å². The van der Waals surface area contributed by atoms with Gasteiger partial charge in [-0.05, 0) is 55.5 Å². The van der Waals surface area contributed by atoms with Gasteiger partial charge in [0, 0.05) is 33.9 Å². The number of aromatic amines is 1. The zero-order valence-electron chi connectivity index (χ0n) is 21.1. The largest absolute Gasteiger partial charge is 0.497 e. The number of halogens is 4. The number of aliphatic carboxylic acids is 1. The molecule has 212 valence electrons. The van der Waals surface area contributed by atoms with Crippen LogP contribution in [0.5, 0.6) is 5.75 Å². The highest BCUT2D eigenvalue weighted by Gasteiger charge is 2.38. The smallest absolute Gasteiger partial charge is 0.490 e. The molecule has 5 rings (SSSR count). The van der Waals surface area contributed by atoms with Crippen molar-refractivity contribution in [3.05, 3.63) is 71.0 Å². The highest BCUT2D eigenvalue weighted by atomic mass is 35.5. The molecule has 4 N–H and O–H groups in total. The third-order valence-electron chi connectivity index (χ3n) is 5.26. The molecule has 0 saturated heterocycles. The van der Waals surface area contributed by atoms with E-state index in [2.05, 4.69) is 35.2 Å². The van der Waals surface area contributed by atoms with Gasteiger partial charge in [0.1, 0.15) is 11.4 Å². The van der Waals surface area contributed by atoms with Crippen LogP contribution in [-0.2, 0) is 4.79 Å². The van der Waals surface area contributed by atoms with Crippen LogP contribution in [-0.4, -0.2) is 54.8 Å². The van der Waals surface area contributed by atoms with E-state index in [1.165, 1.54) is 11.5 Å². The molecular weight excluding hydrogens is 587 g/mol. The van der Waals surface area contributed by atoms with Crippen LogP contribution < -0.4 is 15.4 Å². The fraction of sp³-hybridized carbons (Fsp3) is 0.120. The van der Waals surface area contributed by atoms with Crippen LogP contribution >= 0.6 is 23.1 Å². The third-order valence-corrected chi connectivity index (χ3v) is 6.30. The summed E-state index contributed by atoms with van der Waals surface area (Å²) in [5.74, 6) is -1.87. The molecule has 1 amide bonds. The number of amides is 1. The van der Waals surface area contributed by atoms with Crippen LogP contribution in [0.1, 0.15) is 16.1 Å². The molecule has 0 aliphatic heterocycles. The van der Waals surface area contributed by atoms with Gasteiger partial charge < -0.3 is 20.5 Å². The summed E-state index contributed by atoms with van der Waals surface area (Å²) in [5, 5.41) is 22.0. The van der Waals surface area contributed by atoms with Gasteiger partial charge in [0.15, 0.2) is 5.82 Å². The molecule has 11 nitrogen and oxygen atoms in total. The maximum Gasteiger partial charge on any atom is 0.490 e. The van der Waals surface area contributed by atoms with Crippen LogP contribution in [0.25, 0.3) is 22.4 Å². The fourth-order valence-corrected chi connectivity index (χ4v) is 4.22. The van der Waals surface area contributed by atoms with E-state index in [9.17, 15) is 18.0 Å². The van der Waals surface area contributed by atoms with Gasteiger partial charge in [0.05, 0.1) is 29.5 Å². The zero-order valence-corrected chi connectivity index (χ0v) is 22.6. The first-order valence-corrected chi connectivity index (χ1v) is 12.6. The van der Waals surface area contributed by atoms with Crippen molar-refractivity contribution in [1.29, 1.82) is 0 Å². The van der Waals surface area contributed by atoms with Gasteiger partial charge in [-0.3, -0.25) is 9.89 Å². The van der Waals surface area contributed by atoms with E-state index < -0.39 is 12.1 Å². The summed E-state index contributed by atoms with van der Waals surface area (Å²) in [7, 11) is 1.58. The Balaban J connectivity index is 0.000000493. The lowest BCUT2D eigenvalue weighted by atomic mass is 10.2. The number of carbonyl (C=O) groups is 2. The van der Waals surface area contributed by atoms with Crippen molar-refractivity contribution >= 4 is 62.4 Å². The number of hydrogen-bond donors (Lipinski definition) is 4. The minimum Gasteiger partial charge on any atom is -0.497 e. The number of aromatic nitrogens is 5. The third kappa shape index (κ3) is 7.26. The minimum absolute atomic E-state index is 0.239. The number of carbonyl (C=O) groups excluding carboxylic acids is 1. The summed E-state index contributed by atoms with van der Waals surface area (Å²) < 4.78 is 41.3. The van der Waals surface area contributed by atoms with Gasteiger partial charge in [-0.25, -0.2) is 9.78 Å². The van der Waals surface area contributed by atoms with E-state index in [4.69, 9.17) is 26.2 Å². The van der Waals surface area contributed by atoms with Crippen LogP contribution in [0.15, 0.2) is 54.7 Å². The first kappa shape index (κ1) is 29.2. The van der Waals surface area contributed by atoms with E-state index in [1.54, 1.807) is 49.7 Å². The molecule has 0 aliphatic rings. The summed E-state index contributed by atoms with van der Waals surface area (Å²) >= 11 is 7.68. The molecule has 0 bridgehead atoms. The minimum atomic E-state index is -5.08. The Kier molecular flexibility index (Phi) is 8.68. The van der Waals surface area contributed by atoms with E-state index >= 15 is 0 Å². The molecule has 5 aromatic rings. The van der Waals surface area contributed by atoms with Gasteiger partial charge in [-0.2, -0.15) is 27.6 Å². The number of fused-ring (bicyclic) bond motifs is 1. The Morgan fingerprint density at radius 2 is 1.80 bits per heavy atom. The Bertz CT molecular complexity index is 1710. The predicted octanol–water partition coefficient (Wildman–Crippen LogP) is 6.08. The normalized spacial score (nSPS) is 11.0. The van der Waals surface area contributed by atoms with Crippen molar-refractivity contribution in [1.82, 2.24) is 24.5 Å². The first-order chi connectivity index (χ1) is 19.4. The number of carboxylic acid groups (broad SMARTS) is 1. The van der Waals surface area contributed by atoms with Gasteiger partial charge in [-0.1, -0.05) is 11.6 Å². The SMILES string of the molecule is COc1ccc(C(=O)Nc2cc(C)nc(-c3nsc(Nc4ccc5[nH]ncc5c4Cl)n3)c2)cc1.O=C(O)C(F)(F)F. The molecule has 2 aromatic carbocycles. The van der Waals surface area contributed by atoms with Gasteiger partial charge in [-0.15, -0.1) is 0 Å². The topological polar surface area (TPSA) is 155 Å². The molecule has 0 aliphatic carbocycles.